The summed E-state index contributed by atoms with van der Waals surface area (Å²) in [6, 6.07) is 5.68. The van der Waals surface area contributed by atoms with Crippen molar-refractivity contribution in [2.75, 3.05) is 6.61 Å². The minimum Gasteiger partial charge on any atom is -0.461 e. The molecular formula is C15H17NO2. The van der Waals surface area contributed by atoms with Crippen LogP contribution in [0.3, 0.4) is 0 Å². The van der Waals surface area contributed by atoms with E-state index in [1.807, 2.05) is 12.1 Å². The highest BCUT2D eigenvalue weighted by molar-refractivity contribution is 5.92. The second kappa shape index (κ2) is 4.77. The van der Waals surface area contributed by atoms with Crippen LogP contribution in [0.4, 0.5) is 0 Å². The van der Waals surface area contributed by atoms with Gasteiger partial charge in [-0.15, -0.1) is 0 Å². The first kappa shape index (κ1) is 12.6. The molecule has 0 saturated heterocycles. The number of carbonyl (C=O) groups is 1. The monoisotopic (exact) mass is 243 g/mol. The summed E-state index contributed by atoms with van der Waals surface area (Å²) in [6.45, 7) is 8.39. The molecular weight excluding hydrogens is 226 g/mol. The summed E-state index contributed by atoms with van der Waals surface area (Å²) in [5.74, 6) is -0.365. The third-order valence-electron chi connectivity index (χ3n) is 3.32. The van der Waals surface area contributed by atoms with E-state index in [0.717, 1.165) is 10.9 Å². The van der Waals surface area contributed by atoms with Gasteiger partial charge in [0.1, 0.15) is 5.69 Å². The number of carbonyl (C=O) groups excluding carboxylic acids is 1. The van der Waals surface area contributed by atoms with Gasteiger partial charge in [-0.25, -0.2) is 9.78 Å². The van der Waals surface area contributed by atoms with Gasteiger partial charge in [-0.2, -0.15) is 0 Å². The topological polar surface area (TPSA) is 39.2 Å². The van der Waals surface area contributed by atoms with Crippen molar-refractivity contribution in [3.8, 4) is 0 Å². The van der Waals surface area contributed by atoms with Gasteiger partial charge in [0, 0.05) is 5.39 Å². The summed E-state index contributed by atoms with van der Waals surface area (Å²) in [7, 11) is 0. The van der Waals surface area contributed by atoms with E-state index < -0.39 is 0 Å². The number of rotatable bonds is 2. The summed E-state index contributed by atoms with van der Waals surface area (Å²) >= 11 is 0. The van der Waals surface area contributed by atoms with Crippen LogP contribution in [0.5, 0.6) is 0 Å². The van der Waals surface area contributed by atoms with Gasteiger partial charge in [-0.05, 0) is 56.5 Å². The summed E-state index contributed by atoms with van der Waals surface area (Å²) in [5.41, 5.74) is 4.89. The zero-order valence-corrected chi connectivity index (χ0v) is 11.2. The van der Waals surface area contributed by atoms with Crippen LogP contribution >= 0.6 is 0 Å². The Balaban J connectivity index is 2.59. The Morgan fingerprint density at radius 1 is 1.22 bits per heavy atom. The van der Waals surface area contributed by atoms with Crippen molar-refractivity contribution in [1.82, 2.24) is 4.98 Å². The lowest BCUT2D eigenvalue weighted by Gasteiger charge is -2.10. The van der Waals surface area contributed by atoms with E-state index in [1.165, 1.54) is 16.7 Å². The molecule has 0 N–H and O–H groups in total. The van der Waals surface area contributed by atoms with Crippen molar-refractivity contribution in [2.24, 2.45) is 0 Å². The number of aromatic nitrogens is 1. The van der Waals surface area contributed by atoms with E-state index >= 15 is 0 Å². The van der Waals surface area contributed by atoms with E-state index in [2.05, 4.69) is 25.8 Å². The number of esters is 1. The maximum absolute atomic E-state index is 11.6. The van der Waals surface area contributed by atoms with E-state index in [1.54, 1.807) is 13.0 Å². The average molecular weight is 243 g/mol. The Kier molecular flexibility index (Phi) is 3.32. The lowest BCUT2D eigenvalue weighted by molar-refractivity contribution is 0.0520. The zero-order valence-electron chi connectivity index (χ0n) is 11.2. The van der Waals surface area contributed by atoms with Crippen LogP contribution in [0, 0.1) is 20.8 Å². The van der Waals surface area contributed by atoms with Gasteiger partial charge in [-0.3, -0.25) is 0 Å². The molecule has 0 aliphatic rings. The van der Waals surface area contributed by atoms with Gasteiger partial charge < -0.3 is 4.74 Å². The largest absolute Gasteiger partial charge is 0.461 e. The highest BCUT2D eigenvalue weighted by Crippen LogP contribution is 2.23. The van der Waals surface area contributed by atoms with Crippen LogP contribution in [0.2, 0.25) is 0 Å². The molecule has 0 radical (unpaired) electrons. The van der Waals surface area contributed by atoms with Crippen LogP contribution in [0.15, 0.2) is 18.2 Å². The Morgan fingerprint density at radius 2 is 1.94 bits per heavy atom. The van der Waals surface area contributed by atoms with Gasteiger partial charge in [0.2, 0.25) is 0 Å². The van der Waals surface area contributed by atoms with Crippen molar-refractivity contribution >= 4 is 16.9 Å². The SMILES string of the molecule is CCOC(=O)c1ccc2c(C)c(C)c(C)cc2n1. The first-order valence-corrected chi connectivity index (χ1v) is 6.09. The van der Waals surface area contributed by atoms with Gasteiger partial charge in [-0.1, -0.05) is 6.07 Å². The molecule has 2 aromatic rings. The fourth-order valence-electron chi connectivity index (χ4n) is 2.03. The fraction of sp³-hybridized carbons (Fsp3) is 0.333. The molecule has 0 aliphatic heterocycles. The van der Waals surface area contributed by atoms with Crippen molar-refractivity contribution in [2.45, 2.75) is 27.7 Å². The highest BCUT2D eigenvalue weighted by atomic mass is 16.5. The normalized spacial score (nSPS) is 10.7. The maximum Gasteiger partial charge on any atom is 0.356 e. The second-order valence-corrected chi connectivity index (χ2v) is 4.43. The molecule has 0 unspecified atom stereocenters. The number of nitrogens with zero attached hydrogens (tertiary/aromatic N) is 1. The van der Waals surface area contributed by atoms with Gasteiger partial charge in [0.05, 0.1) is 12.1 Å². The fourth-order valence-corrected chi connectivity index (χ4v) is 2.03. The summed E-state index contributed by atoms with van der Waals surface area (Å²) in [6.07, 6.45) is 0. The molecule has 0 fully saturated rings. The smallest absolute Gasteiger partial charge is 0.356 e. The lowest BCUT2D eigenvalue weighted by atomic mass is 9.99. The average Bonchev–Trinajstić information content (AvgIpc) is 2.36. The van der Waals surface area contributed by atoms with Gasteiger partial charge >= 0.3 is 5.97 Å². The molecule has 0 spiro atoms. The quantitative estimate of drug-likeness (QED) is 0.759. The van der Waals surface area contributed by atoms with Crippen LogP contribution < -0.4 is 0 Å². The number of fused-ring (bicyclic) bond motifs is 1. The van der Waals surface area contributed by atoms with Crippen molar-refractivity contribution < 1.29 is 9.53 Å². The van der Waals surface area contributed by atoms with Crippen LogP contribution in [0.1, 0.15) is 34.1 Å². The molecule has 0 aliphatic carbocycles. The molecule has 0 saturated carbocycles. The number of benzene rings is 1. The zero-order chi connectivity index (χ0) is 13.3. The van der Waals surface area contributed by atoms with Crippen LogP contribution in [0.25, 0.3) is 10.9 Å². The Labute approximate surface area is 107 Å². The number of hydrogen-bond donors (Lipinski definition) is 0. The first-order chi connectivity index (χ1) is 8.54. The van der Waals surface area contributed by atoms with E-state index in [4.69, 9.17) is 4.74 Å². The first-order valence-electron chi connectivity index (χ1n) is 6.09. The molecule has 18 heavy (non-hydrogen) atoms. The van der Waals surface area contributed by atoms with Crippen molar-refractivity contribution in [1.29, 1.82) is 0 Å². The Hall–Kier alpha value is -1.90. The molecule has 0 bridgehead atoms. The van der Waals surface area contributed by atoms with Crippen LogP contribution in [-0.2, 0) is 4.74 Å². The third-order valence-corrected chi connectivity index (χ3v) is 3.32. The minimum atomic E-state index is -0.365. The lowest BCUT2D eigenvalue weighted by Crippen LogP contribution is -2.07. The summed E-state index contributed by atoms with van der Waals surface area (Å²) in [5, 5.41) is 1.09. The Morgan fingerprint density at radius 3 is 2.61 bits per heavy atom. The molecule has 3 nitrogen and oxygen atoms in total. The predicted molar refractivity (Wildman–Crippen MR) is 71.9 cm³/mol. The highest BCUT2D eigenvalue weighted by Gasteiger charge is 2.11. The molecule has 1 aromatic heterocycles. The van der Waals surface area contributed by atoms with Crippen molar-refractivity contribution in [3.05, 3.63) is 40.6 Å². The molecule has 0 amide bonds. The van der Waals surface area contributed by atoms with E-state index in [9.17, 15) is 4.79 Å². The second-order valence-electron chi connectivity index (χ2n) is 4.43. The third kappa shape index (κ3) is 2.08. The number of pyridine rings is 1. The van der Waals surface area contributed by atoms with E-state index in [-0.39, 0.29) is 5.97 Å². The number of ether oxygens (including phenoxy) is 1. The van der Waals surface area contributed by atoms with E-state index in [0.29, 0.717) is 12.3 Å². The molecule has 3 heteroatoms. The van der Waals surface area contributed by atoms with Gasteiger partial charge in [0.15, 0.2) is 0 Å². The molecule has 94 valence electrons. The standard InChI is InChI=1S/C15H17NO2/c1-5-18-15(17)13-7-6-12-11(4)10(3)9(2)8-14(12)16-13/h6-8H,5H2,1-4H3. The predicted octanol–water partition coefficient (Wildman–Crippen LogP) is 3.34. The van der Waals surface area contributed by atoms with Crippen LogP contribution in [-0.4, -0.2) is 17.6 Å². The minimum absolute atomic E-state index is 0.365. The molecule has 0 atom stereocenters. The number of aryl methyl sites for hydroxylation is 2. The molecule has 1 heterocycles. The number of hydrogen-bond acceptors (Lipinski definition) is 3. The Bertz CT molecular complexity index is 617. The molecule has 2 rings (SSSR count). The van der Waals surface area contributed by atoms with Gasteiger partial charge in [0.25, 0.3) is 0 Å². The summed E-state index contributed by atoms with van der Waals surface area (Å²) in [4.78, 5) is 16.0. The molecule has 1 aromatic carbocycles. The summed E-state index contributed by atoms with van der Waals surface area (Å²) < 4.78 is 4.96. The van der Waals surface area contributed by atoms with Crippen molar-refractivity contribution in [3.63, 3.8) is 0 Å². The maximum atomic E-state index is 11.6.